The van der Waals surface area contributed by atoms with E-state index in [1.807, 2.05) is 20.8 Å². The topological polar surface area (TPSA) is 17.1 Å². The molecule has 0 spiro atoms. The lowest BCUT2D eigenvalue weighted by Gasteiger charge is -2.17. The molecule has 1 atom stereocenters. The van der Waals surface area contributed by atoms with Gasteiger partial charge in [0.2, 0.25) is 0 Å². The lowest BCUT2D eigenvalue weighted by molar-refractivity contribution is -0.119. The van der Waals surface area contributed by atoms with Gasteiger partial charge in [-0.15, -0.1) is 0 Å². The van der Waals surface area contributed by atoms with Gasteiger partial charge in [-0.3, -0.25) is 4.79 Å². The van der Waals surface area contributed by atoms with Crippen LogP contribution in [-0.2, 0) is 4.79 Å². The third kappa shape index (κ3) is 3.15. The SMILES string of the molecule is CCC(Br)C(=O)C(C)(C)Br. The van der Waals surface area contributed by atoms with E-state index in [9.17, 15) is 4.79 Å². The van der Waals surface area contributed by atoms with Crippen molar-refractivity contribution >= 4 is 37.6 Å². The minimum absolute atomic E-state index is 0.0122. The Bertz CT molecular complexity index is 126. The summed E-state index contributed by atoms with van der Waals surface area (Å²) >= 11 is 6.60. The van der Waals surface area contributed by atoms with Gasteiger partial charge in [0, 0.05) is 0 Å². The first-order valence-corrected chi connectivity index (χ1v) is 4.97. The summed E-state index contributed by atoms with van der Waals surface area (Å²) in [6.07, 6.45) is 0.841. The zero-order valence-electron chi connectivity index (χ0n) is 6.45. The van der Waals surface area contributed by atoms with E-state index >= 15 is 0 Å². The maximum absolute atomic E-state index is 11.3. The molecule has 1 unspecified atom stereocenters. The fourth-order valence-corrected chi connectivity index (χ4v) is 1.71. The fraction of sp³-hybridized carbons (Fsp3) is 0.857. The summed E-state index contributed by atoms with van der Waals surface area (Å²) in [5.41, 5.74) is 0. The monoisotopic (exact) mass is 270 g/mol. The van der Waals surface area contributed by atoms with Crippen LogP contribution in [0, 0.1) is 0 Å². The lowest BCUT2D eigenvalue weighted by Crippen LogP contribution is -2.31. The van der Waals surface area contributed by atoms with Gasteiger partial charge in [0.15, 0.2) is 5.78 Å². The minimum Gasteiger partial charge on any atom is -0.297 e. The molecule has 10 heavy (non-hydrogen) atoms. The van der Waals surface area contributed by atoms with Gasteiger partial charge in [-0.05, 0) is 20.3 Å². The smallest absolute Gasteiger partial charge is 0.162 e. The highest BCUT2D eigenvalue weighted by molar-refractivity contribution is 9.11. The van der Waals surface area contributed by atoms with Crippen LogP contribution >= 0.6 is 31.9 Å². The quantitative estimate of drug-likeness (QED) is 0.722. The predicted octanol–water partition coefficient (Wildman–Crippen LogP) is 2.90. The highest BCUT2D eigenvalue weighted by Gasteiger charge is 2.28. The van der Waals surface area contributed by atoms with E-state index in [0.29, 0.717) is 0 Å². The van der Waals surface area contributed by atoms with Crippen molar-refractivity contribution in [1.82, 2.24) is 0 Å². The Hall–Kier alpha value is 0.630. The molecule has 0 aliphatic heterocycles. The summed E-state index contributed by atoms with van der Waals surface area (Å²) in [5.74, 6) is 0.204. The largest absolute Gasteiger partial charge is 0.297 e. The van der Waals surface area contributed by atoms with Gasteiger partial charge in [0.1, 0.15) is 0 Å². The molecular weight excluding hydrogens is 260 g/mol. The van der Waals surface area contributed by atoms with E-state index in [1.54, 1.807) is 0 Å². The van der Waals surface area contributed by atoms with Crippen LogP contribution in [0.15, 0.2) is 0 Å². The number of alkyl halides is 2. The molecule has 0 aromatic heterocycles. The normalized spacial score (nSPS) is 14.9. The molecule has 0 aliphatic carbocycles. The Kier molecular flexibility index (Phi) is 4.10. The van der Waals surface area contributed by atoms with Crippen molar-refractivity contribution < 1.29 is 4.79 Å². The van der Waals surface area contributed by atoms with Gasteiger partial charge in [0.25, 0.3) is 0 Å². The molecule has 0 bridgehead atoms. The molecule has 0 rings (SSSR count). The van der Waals surface area contributed by atoms with Crippen LogP contribution in [0.4, 0.5) is 0 Å². The van der Waals surface area contributed by atoms with Gasteiger partial charge >= 0.3 is 0 Å². The molecule has 0 radical (unpaired) electrons. The summed E-state index contributed by atoms with van der Waals surface area (Å²) in [6, 6.07) is 0. The average molecular weight is 272 g/mol. The van der Waals surface area contributed by atoms with Crippen molar-refractivity contribution in [3.05, 3.63) is 0 Å². The van der Waals surface area contributed by atoms with E-state index in [0.717, 1.165) is 6.42 Å². The minimum atomic E-state index is -0.392. The maximum Gasteiger partial charge on any atom is 0.162 e. The molecule has 0 aromatic rings. The molecule has 3 heteroatoms. The van der Waals surface area contributed by atoms with Crippen molar-refractivity contribution in [3.8, 4) is 0 Å². The highest BCUT2D eigenvalue weighted by Crippen LogP contribution is 2.23. The third-order valence-electron chi connectivity index (χ3n) is 1.23. The Balaban J connectivity index is 4.09. The van der Waals surface area contributed by atoms with Gasteiger partial charge in [0.05, 0.1) is 9.15 Å². The Morgan fingerprint density at radius 3 is 2.10 bits per heavy atom. The predicted molar refractivity (Wildman–Crippen MR) is 51.0 cm³/mol. The van der Waals surface area contributed by atoms with E-state index in [2.05, 4.69) is 31.9 Å². The van der Waals surface area contributed by atoms with Crippen LogP contribution in [0.5, 0.6) is 0 Å². The number of rotatable bonds is 3. The lowest BCUT2D eigenvalue weighted by atomic mass is 10.1. The molecule has 0 fully saturated rings. The number of Topliss-reactive ketones (excluding diaryl/α,β-unsaturated/α-hetero) is 1. The molecule has 0 heterocycles. The van der Waals surface area contributed by atoms with Crippen LogP contribution < -0.4 is 0 Å². The average Bonchev–Trinajstić information content (AvgIpc) is 1.83. The Labute approximate surface area is 78.8 Å². The molecular formula is C7H12Br2O. The van der Waals surface area contributed by atoms with Crippen LogP contribution in [0.3, 0.4) is 0 Å². The van der Waals surface area contributed by atoms with Crippen LogP contribution in [0.1, 0.15) is 27.2 Å². The van der Waals surface area contributed by atoms with E-state index < -0.39 is 4.32 Å². The molecule has 60 valence electrons. The highest BCUT2D eigenvalue weighted by atomic mass is 79.9. The number of halogens is 2. The standard InChI is InChI=1S/C7H12Br2O/c1-4-5(8)6(10)7(2,3)9/h5H,4H2,1-3H3. The molecule has 0 amide bonds. The van der Waals surface area contributed by atoms with Crippen LogP contribution in [-0.4, -0.2) is 14.9 Å². The van der Waals surface area contributed by atoms with E-state index in [1.165, 1.54) is 0 Å². The zero-order chi connectivity index (χ0) is 8.36. The van der Waals surface area contributed by atoms with Gasteiger partial charge in [-0.1, -0.05) is 38.8 Å². The number of carbonyl (C=O) groups excluding carboxylic acids is 1. The van der Waals surface area contributed by atoms with Crippen molar-refractivity contribution in [1.29, 1.82) is 0 Å². The number of hydrogen-bond donors (Lipinski definition) is 0. The second kappa shape index (κ2) is 3.86. The first-order chi connectivity index (χ1) is 4.39. The fourth-order valence-electron chi connectivity index (χ4n) is 0.558. The van der Waals surface area contributed by atoms with Crippen LogP contribution in [0.25, 0.3) is 0 Å². The van der Waals surface area contributed by atoms with Crippen molar-refractivity contribution in [2.75, 3.05) is 0 Å². The van der Waals surface area contributed by atoms with E-state index in [-0.39, 0.29) is 10.6 Å². The number of ketones is 1. The van der Waals surface area contributed by atoms with Gasteiger partial charge < -0.3 is 0 Å². The number of hydrogen-bond acceptors (Lipinski definition) is 1. The summed E-state index contributed by atoms with van der Waals surface area (Å²) in [7, 11) is 0. The zero-order valence-corrected chi connectivity index (χ0v) is 9.62. The Morgan fingerprint density at radius 1 is 1.60 bits per heavy atom. The summed E-state index contributed by atoms with van der Waals surface area (Å²) in [5, 5.41) is 0. The van der Waals surface area contributed by atoms with Crippen molar-refractivity contribution in [2.24, 2.45) is 0 Å². The van der Waals surface area contributed by atoms with Gasteiger partial charge in [-0.2, -0.15) is 0 Å². The number of carbonyl (C=O) groups is 1. The Morgan fingerprint density at radius 2 is 2.00 bits per heavy atom. The second-order valence-corrected chi connectivity index (χ2v) is 5.80. The summed E-state index contributed by atoms with van der Waals surface area (Å²) in [6.45, 7) is 5.70. The molecule has 0 aliphatic rings. The maximum atomic E-state index is 11.3. The molecule has 0 saturated carbocycles. The first kappa shape index (κ1) is 10.6. The third-order valence-corrected chi connectivity index (χ3v) is 2.68. The van der Waals surface area contributed by atoms with Crippen LogP contribution in [0.2, 0.25) is 0 Å². The van der Waals surface area contributed by atoms with Crippen molar-refractivity contribution in [3.63, 3.8) is 0 Å². The summed E-state index contributed by atoms with van der Waals surface area (Å²) < 4.78 is -0.392. The molecule has 0 saturated heterocycles. The van der Waals surface area contributed by atoms with Gasteiger partial charge in [-0.25, -0.2) is 0 Å². The molecule has 0 N–H and O–H groups in total. The first-order valence-electron chi connectivity index (χ1n) is 3.27. The second-order valence-electron chi connectivity index (χ2n) is 2.71. The molecule has 1 nitrogen and oxygen atoms in total. The van der Waals surface area contributed by atoms with E-state index in [4.69, 9.17) is 0 Å². The summed E-state index contributed by atoms with van der Waals surface area (Å²) in [4.78, 5) is 11.3. The van der Waals surface area contributed by atoms with Crippen molar-refractivity contribution in [2.45, 2.75) is 36.3 Å². The molecule has 0 aromatic carbocycles.